The monoisotopic (exact) mass is 389 g/mol. The van der Waals surface area contributed by atoms with Gasteiger partial charge in [0.05, 0.1) is 4.90 Å². The number of nitrogens with zero attached hydrogens (tertiary/aromatic N) is 1. The van der Waals surface area contributed by atoms with Crippen molar-refractivity contribution in [2.75, 3.05) is 6.54 Å². The van der Waals surface area contributed by atoms with E-state index >= 15 is 0 Å². The quantitative estimate of drug-likeness (QED) is 0.398. The van der Waals surface area contributed by atoms with Crippen molar-refractivity contribution in [3.05, 3.63) is 29.8 Å². The zero-order valence-corrected chi connectivity index (χ0v) is 18.8. The van der Waals surface area contributed by atoms with Crippen molar-refractivity contribution in [3.8, 4) is 23.9 Å². The second-order valence-corrected chi connectivity index (χ2v) is 15.1. The lowest BCUT2D eigenvalue weighted by Gasteiger charge is -2.38. The molecule has 0 unspecified atom stereocenters. The highest BCUT2D eigenvalue weighted by molar-refractivity contribution is 7.89. The van der Waals surface area contributed by atoms with Crippen LogP contribution in [0.1, 0.15) is 47.1 Å². The number of benzene rings is 1. The minimum absolute atomic E-state index is 0.0536. The summed E-state index contributed by atoms with van der Waals surface area (Å²) in [6, 6.07) is 9.75. The zero-order chi connectivity index (χ0) is 20.1. The van der Waals surface area contributed by atoms with Gasteiger partial charge in [-0.15, -0.1) is 12.0 Å². The molecule has 0 bridgehead atoms. The lowest BCUT2D eigenvalue weighted by molar-refractivity contribution is 0.535. The summed E-state index contributed by atoms with van der Waals surface area (Å²) < 4.78 is 27.1. The molecule has 1 rings (SSSR count). The molecule has 0 spiro atoms. The Morgan fingerprint density at radius 3 is 1.85 bits per heavy atom. The lowest BCUT2D eigenvalue weighted by atomic mass is 10.2. The van der Waals surface area contributed by atoms with E-state index in [2.05, 4.69) is 59.1 Å². The molecule has 0 atom stereocenters. The highest BCUT2D eigenvalue weighted by Crippen LogP contribution is 2.40. The third-order valence-corrected chi connectivity index (χ3v) is 13.1. The van der Waals surface area contributed by atoms with E-state index < -0.39 is 18.1 Å². The van der Waals surface area contributed by atoms with Crippen LogP contribution in [0.25, 0.3) is 0 Å². The van der Waals surface area contributed by atoms with E-state index in [1.54, 1.807) is 24.3 Å². The number of terminal acetylenes is 1. The van der Waals surface area contributed by atoms with Crippen LogP contribution < -0.4 is 0 Å². The van der Waals surface area contributed by atoms with Gasteiger partial charge in [0, 0.05) is 6.04 Å². The van der Waals surface area contributed by atoms with Gasteiger partial charge in [0.2, 0.25) is 0 Å². The van der Waals surface area contributed by atoms with E-state index in [0.29, 0.717) is 16.6 Å². The maximum absolute atomic E-state index is 13.0. The second kappa shape index (κ2) is 8.80. The number of hydrogen-bond acceptors (Lipinski definition) is 2. The van der Waals surface area contributed by atoms with Crippen LogP contribution >= 0.6 is 0 Å². The van der Waals surface area contributed by atoms with Crippen molar-refractivity contribution in [1.29, 1.82) is 0 Å². The maximum atomic E-state index is 13.0. The topological polar surface area (TPSA) is 37.4 Å². The summed E-state index contributed by atoms with van der Waals surface area (Å²) in [6.07, 6.45) is 5.43. The first kappa shape index (κ1) is 22.3. The van der Waals surface area contributed by atoms with Crippen LogP contribution in [0.5, 0.6) is 0 Å². The fraction of sp³-hybridized carbons (Fsp3) is 0.524. The summed E-state index contributed by atoms with van der Waals surface area (Å²) in [6.45, 7) is 15.0. The molecule has 142 valence electrons. The number of sulfonamides is 1. The summed E-state index contributed by atoms with van der Waals surface area (Å²) in [5.41, 5.74) is 5.71. The Morgan fingerprint density at radius 2 is 1.46 bits per heavy atom. The van der Waals surface area contributed by atoms with Gasteiger partial charge in [0.25, 0.3) is 10.0 Å². The van der Waals surface area contributed by atoms with Crippen molar-refractivity contribution in [2.24, 2.45) is 0 Å². The molecule has 0 aromatic heterocycles. The Hall–Kier alpha value is -1.69. The fourth-order valence-corrected chi connectivity index (χ4v) is 10.1. The van der Waals surface area contributed by atoms with Gasteiger partial charge in [-0.2, -0.15) is 0 Å². The van der Waals surface area contributed by atoms with Gasteiger partial charge in [-0.3, -0.25) is 0 Å². The summed E-state index contributed by atoms with van der Waals surface area (Å²) in [7, 11) is -5.78. The van der Waals surface area contributed by atoms with Gasteiger partial charge >= 0.3 is 0 Å². The molecule has 1 aromatic rings. The summed E-state index contributed by atoms with van der Waals surface area (Å²) in [5, 5.41) is 0. The molecule has 0 aliphatic rings. The number of hydrogen-bond donors (Lipinski definition) is 0. The highest BCUT2D eigenvalue weighted by atomic mass is 32.2. The van der Waals surface area contributed by atoms with Crippen molar-refractivity contribution in [2.45, 2.75) is 70.0 Å². The molecular weight excluding hydrogens is 358 g/mol. The predicted molar refractivity (Wildman–Crippen MR) is 113 cm³/mol. The highest BCUT2D eigenvalue weighted by Gasteiger charge is 2.42. The van der Waals surface area contributed by atoms with Crippen LogP contribution in [0.15, 0.2) is 29.2 Å². The van der Waals surface area contributed by atoms with Gasteiger partial charge in [0.1, 0.15) is 14.6 Å². The normalized spacial score (nSPS) is 12.0. The average Bonchev–Trinajstić information content (AvgIpc) is 2.53. The van der Waals surface area contributed by atoms with E-state index in [9.17, 15) is 8.42 Å². The molecular formula is C21H31NO2SSi. The molecule has 0 saturated carbocycles. The third kappa shape index (κ3) is 4.53. The molecule has 26 heavy (non-hydrogen) atoms. The smallest absolute Gasteiger partial charge is 0.213 e. The van der Waals surface area contributed by atoms with Crippen LogP contribution in [0.4, 0.5) is 0 Å². The number of rotatable bonds is 6. The van der Waals surface area contributed by atoms with Crippen LogP contribution in [0.3, 0.4) is 0 Å². The minimum atomic E-state index is -3.74. The maximum Gasteiger partial charge on any atom is 0.271 e. The Balaban J connectivity index is 3.46. The third-order valence-electron chi connectivity index (χ3n) is 5.11. The lowest BCUT2D eigenvalue weighted by Crippen LogP contribution is -2.44. The summed E-state index contributed by atoms with van der Waals surface area (Å²) in [5.74, 6) is 2.44. The Morgan fingerprint density at radius 1 is 1.00 bits per heavy atom. The molecule has 0 aliphatic carbocycles. The van der Waals surface area contributed by atoms with E-state index in [-0.39, 0.29) is 11.4 Å². The van der Waals surface area contributed by atoms with Gasteiger partial charge in [-0.1, -0.05) is 65.2 Å². The molecule has 5 heteroatoms. The van der Waals surface area contributed by atoms with E-state index in [1.807, 2.05) is 6.92 Å². The largest absolute Gasteiger partial charge is 0.271 e. The minimum Gasteiger partial charge on any atom is -0.213 e. The van der Waals surface area contributed by atoms with Gasteiger partial charge in [-0.25, -0.2) is 12.7 Å². The first-order valence-electron chi connectivity index (χ1n) is 9.05. The van der Waals surface area contributed by atoms with Gasteiger partial charge in [0.15, 0.2) is 0 Å². The molecule has 0 heterocycles. The standard InChI is InChI=1S/C21H31NO2SSi/c1-9-14-22(25(23,24)21-12-10-20(8)11-13-21)15-16-26(17(2)3,18(4)5)19(6)7/h1,10-13,17-19H,14H2,2-8H3. The van der Waals surface area contributed by atoms with Crippen molar-refractivity contribution < 1.29 is 8.42 Å². The van der Waals surface area contributed by atoms with Crippen LogP contribution in [-0.2, 0) is 10.0 Å². The molecule has 0 fully saturated rings. The Kier molecular flexibility index (Phi) is 7.56. The van der Waals surface area contributed by atoms with E-state index in [4.69, 9.17) is 6.42 Å². The summed E-state index contributed by atoms with van der Waals surface area (Å²) in [4.78, 5) is 0.221. The van der Waals surface area contributed by atoms with Crippen molar-refractivity contribution >= 4 is 18.1 Å². The Bertz CT molecular complexity index is 785. The van der Waals surface area contributed by atoms with Gasteiger partial charge < -0.3 is 0 Å². The fourth-order valence-electron chi connectivity index (χ4n) is 3.70. The molecule has 0 aliphatic heterocycles. The Labute approximate surface area is 161 Å². The van der Waals surface area contributed by atoms with Gasteiger partial charge in [-0.05, 0) is 35.7 Å². The van der Waals surface area contributed by atoms with Crippen molar-refractivity contribution in [1.82, 2.24) is 4.31 Å². The first-order chi connectivity index (χ1) is 12.0. The van der Waals surface area contributed by atoms with E-state index in [0.717, 1.165) is 9.87 Å². The molecule has 0 N–H and O–H groups in total. The van der Waals surface area contributed by atoms with E-state index in [1.165, 1.54) is 0 Å². The number of aryl methyl sites for hydroxylation is 1. The molecule has 3 nitrogen and oxygen atoms in total. The zero-order valence-electron chi connectivity index (χ0n) is 17.0. The molecule has 0 saturated heterocycles. The molecule has 0 radical (unpaired) electrons. The van der Waals surface area contributed by atoms with Crippen LogP contribution in [0.2, 0.25) is 16.6 Å². The summed E-state index contributed by atoms with van der Waals surface area (Å²) >= 11 is 0. The van der Waals surface area contributed by atoms with Crippen LogP contribution in [-0.4, -0.2) is 27.3 Å². The average molecular weight is 390 g/mol. The van der Waals surface area contributed by atoms with Crippen molar-refractivity contribution in [3.63, 3.8) is 0 Å². The van der Waals surface area contributed by atoms with Crippen LogP contribution in [0, 0.1) is 30.9 Å². The molecule has 1 aromatic carbocycles. The SMILES string of the molecule is C#CCN(C#C[Si](C(C)C)(C(C)C)C(C)C)S(=O)(=O)c1ccc(C)cc1. The first-order valence-corrected chi connectivity index (χ1v) is 12.7. The molecule has 0 amide bonds. The second-order valence-electron chi connectivity index (χ2n) is 7.66. The predicted octanol–water partition coefficient (Wildman–Crippen LogP) is 4.80.